The smallest absolute Gasteiger partial charge is 0.335 e. The Labute approximate surface area is 184 Å². The van der Waals surface area contributed by atoms with Crippen LogP contribution in [0.3, 0.4) is 0 Å². The molecule has 1 heterocycles. The van der Waals surface area contributed by atoms with Crippen molar-refractivity contribution in [1.29, 1.82) is 0 Å². The summed E-state index contributed by atoms with van der Waals surface area (Å²) in [5, 5.41) is 8.47. The molecule has 1 unspecified atom stereocenters. The van der Waals surface area contributed by atoms with Crippen LogP contribution in [-0.4, -0.2) is 47.2 Å². The van der Waals surface area contributed by atoms with Crippen molar-refractivity contribution in [3.8, 4) is 0 Å². The Morgan fingerprint density at radius 3 is 2.25 bits per heavy atom. The van der Waals surface area contributed by atoms with Crippen molar-refractivity contribution in [3.05, 3.63) is 70.8 Å². The number of carbonyl (C=O) groups excluding carboxylic acids is 2. The van der Waals surface area contributed by atoms with Gasteiger partial charge >= 0.3 is 12.2 Å². The van der Waals surface area contributed by atoms with Crippen LogP contribution in [0.25, 0.3) is 0 Å². The second kappa shape index (κ2) is 9.02. The number of rotatable bonds is 4. The van der Waals surface area contributed by atoms with Gasteiger partial charge in [-0.05, 0) is 37.1 Å². The van der Waals surface area contributed by atoms with Crippen molar-refractivity contribution in [2.24, 2.45) is 5.10 Å². The van der Waals surface area contributed by atoms with E-state index in [0.717, 1.165) is 23.3 Å². The number of aryl methyl sites for hydroxylation is 1. The van der Waals surface area contributed by atoms with Gasteiger partial charge in [0.2, 0.25) is 5.91 Å². The largest absolute Gasteiger partial charge is 0.416 e. The summed E-state index contributed by atoms with van der Waals surface area (Å²) in [5.41, 5.74) is 2.26. The summed E-state index contributed by atoms with van der Waals surface area (Å²) in [4.78, 5) is 26.4. The molecule has 3 rings (SSSR count). The second-order valence-electron chi connectivity index (χ2n) is 7.87. The number of amides is 3. The summed E-state index contributed by atoms with van der Waals surface area (Å²) in [6.07, 6.45) is -4.42. The number of urea groups is 1. The van der Waals surface area contributed by atoms with E-state index in [1.54, 1.807) is 14.0 Å². The molecule has 0 aromatic heterocycles. The van der Waals surface area contributed by atoms with Gasteiger partial charge < -0.3 is 10.2 Å². The van der Waals surface area contributed by atoms with Crippen LogP contribution in [0.4, 0.5) is 18.0 Å². The van der Waals surface area contributed by atoms with Crippen LogP contribution in [0, 0.1) is 6.92 Å². The molecule has 2 atom stereocenters. The Morgan fingerprint density at radius 2 is 1.72 bits per heavy atom. The quantitative estimate of drug-likeness (QED) is 0.759. The van der Waals surface area contributed by atoms with E-state index in [4.69, 9.17) is 0 Å². The van der Waals surface area contributed by atoms with E-state index in [2.05, 4.69) is 10.4 Å². The van der Waals surface area contributed by atoms with Gasteiger partial charge in [-0.15, -0.1) is 0 Å². The van der Waals surface area contributed by atoms with Gasteiger partial charge in [0.1, 0.15) is 0 Å². The molecule has 9 heteroatoms. The van der Waals surface area contributed by atoms with Gasteiger partial charge in [0.05, 0.1) is 29.9 Å². The number of alkyl halides is 3. The SMILES string of the molecule is CC(=O)N(C)C1CN(C(=O)N[C@H](C)c2ccc(C(F)(F)F)cc2)N=C1c1ccc(C)cc1. The minimum atomic E-state index is -4.42. The van der Waals surface area contributed by atoms with Gasteiger partial charge in [-0.3, -0.25) is 4.79 Å². The Balaban J connectivity index is 1.78. The summed E-state index contributed by atoms with van der Waals surface area (Å²) < 4.78 is 38.3. The molecule has 2 aromatic carbocycles. The zero-order chi connectivity index (χ0) is 23.6. The van der Waals surface area contributed by atoms with E-state index in [-0.39, 0.29) is 12.5 Å². The van der Waals surface area contributed by atoms with E-state index in [1.807, 2.05) is 31.2 Å². The van der Waals surface area contributed by atoms with Crippen LogP contribution in [0.1, 0.15) is 42.1 Å². The number of likely N-dealkylation sites (N-methyl/N-ethyl adjacent to an activating group) is 1. The molecule has 0 radical (unpaired) electrons. The van der Waals surface area contributed by atoms with E-state index in [9.17, 15) is 22.8 Å². The van der Waals surface area contributed by atoms with E-state index >= 15 is 0 Å². The van der Waals surface area contributed by atoms with Crippen LogP contribution < -0.4 is 5.32 Å². The third kappa shape index (κ3) is 5.09. The van der Waals surface area contributed by atoms with Crippen LogP contribution in [0.15, 0.2) is 53.6 Å². The Hall–Kier alpha value is -3.36. The van der Waals surface area contributed by atoms with E-state index in [1.165, 1.54) is 29.0 Å². The van der Waals surface area contributed by atoms with Crippen molar-refractivity contribution in [3.63, 3.8) is 0 Å². The number of hydrazone groups is 1. The predicted molar refractivity (Wildman–Crippen MR) is 115 cm³/mol. The molecule has 0 fully saturated rings. The number of carbonyl (C=O) groups is 2. The number of benzene rings is 2. The van der Waals surface area contributed by atoms with Gasteiger partial charge in [0.25, 0.3) is 0 Å². The fourth-order valence-corrected chi connectivity index (χ4v) is 3.42. The minimum absolute atomic E-state index is 0.157. The van der Waals surface area contributed by atoms with Crippen molar-refractivity contribution in [2.75, 3.05) is 13.6 Å². The van der Waals surface area contributed by atoms with Gasteiger partial charge in [-0.25, -0.2) is 9.80 Å². The summed E-state index contributed by atoms with van der Waals surface area (Å²) in [6, 6.07) is 10.8. The number of nitrogens with zero attached hydrogens (tertiary/aromatic N) is 3. The van der Waals surface area contributed by atoms with Gasteiger partial charge in [-0.2, -0.15) is 18.3 Å². The van der Waals surface area contributed by atoms with Crippen LogP contribution in [-0.2, 0) is 11.0 Å². The molecule has 0 saturated heterocycles. The van der Waals surface area contributed by atoms with Crippen molar-refractivity contribution in [2.45, 2.75) is 39.0 Å². The molecular formula is C23H25F3N4O2. The normalized spacial score (nSPS) is 17.0. The first-order valence-electron chi connectivity index (χ1n) is 10.1. The fraction of sp³-hybridized carbons (Fsp3) is 0.348. The van der Waals surface area contributed by atoms with Crippen LogP contribution in [0.5, 0.6) is 0 Å². The molecule has 0 saturated carbocycles. The molecule has 1 aliphatic heterocycles. The topological polar surface area (TPSA) is 65.0 Å². The van der Waals surface area contributed by atoms with Crippen LogP contribution >= 0.6 is 0 Å². The molecule has 170 valence electrons. The number of halogens is 3. The van der Waals surface area contributed by atoms with Gasteiger partial charge in [0, 0.05) is 14.0 Å². The minimum Gasteiger partial charge on any atom is -0.335 e. The number of hydrogen-bond donors (Lipinski definition) is 1. The maximum atomic E-state index is 12.8. The molecule has 0 aliphatic carbocycles. The van der Waals surface area contributed by atoms with Crippen LogP contribution in [0.2, 0.25) is 0 Å². The zero-order valence-corrected chi connectivity index (χ0v) is 18.3. The maximum Gasteiger partial charge on any atom is 0.416 e. The maximum absolute atomic E-state index is 12.8. The van der Waals surface area contributed by atoms with Crippen molar-refractivity contribution >= 4 is 17.6 Å². The zero-order valence-electron chi connectivity index (χ0n) is 18.3. The molecule has 32 heavy (non-hydrogen) atoms. The lowest BCUT2D eigenvalue weighted by Crippen LogP contribution is -2.45. The highest BCUT2D eigenvalue weighted by Crippen LogP contribution is 2.30. The average molecular weight is 446 g/mol. The highest BCUT2D eigenvalue weighted by atomic mass is 19.4. The van der Waals surface area contributed by atoms with E-state index < -0.39 is 29.9 Å². The molecule has 0 spiro atoms. The monoisotopic (exact) mass is 446 g/mol. The Bertz CT molecular complexity index is 1020. The first-order valence-corrected chi connectivity index (χ1v) is 10.1. The molecule has 0 bridgehead atoms. The van der Waals surface area contributed by atoms with E-state index in [0.29, 0.717) is 11.3 Å². The lowest BCUT2D eigenvalue weighted by Gasteiger charge is -2.25. The standard InChI is InChI=1S/C23H25F3N4O2/c1-14-5-7-18(8-6-14)21-20(29(4)16(3)31)13-30(28-21)22(32)27-15(2)17-9-11-19(12-10-17)23(24,25)26/h5-12,15,20H,13H2,1-4H3,(H,27,32)/t15-,20?/m1/s1. The van der Waals surface area contributed by atoms with Crippen molar-refractivity contribution in [1.82, 2.24) is 15.2 Å². The van der Waals surface area contributed by atoms with Crippen molar-refractivity contribution < 1.29 is 22.8 Å². The summed E-state index contributed by atoms with van der Waals surface area (Å²) in [7, 11) is 1.66. The molecule has 2 aromatic rings. The summed E-state index contributed by atoms with van der Waals surface area (Å²) in [5.74, 6) is -0.157. The lowest BCUT2D eigenvalue weighted by atomic mass is 10.0. The fourth-order valence-electron chi connectivity index (χ4n) is 3.42. The Morgan fingerprint density at radius 1 is 1.12 bits per heavy atom. The molecule has 1 aliphatic rings. The molecule has 1 N–H and O–H groups in total. The average Bonchev–Trinajstić information content (AvgIpc) is 3.18. The summed E-state index contributed by atoms with van der Waals surface area (Å²) in [6.45, 7) is 5.26. The predicted octanol–water partition coefficient (Wildman–Crippen LogP) is 4.35. The molecular weight excluding hydrogens is 421 g/mol. The third-order valence-corrected chi connectivity index (χ3v) is 5.51. The molecule has 3 amide bonds. The number of nitrogens with one attached hydrogen (secondary N) is 1. The van der Waals surface area contributed by atoms with Gasteiger partial charge in [-0.1, -0.05) is 42.0 Å². The number of hydrogen-bond acceptors (Lipinski definition) is 3. The highest BCUT2D eigenvalue weighted by Gasteiger charge is 2.35. The second-order valence-corrected chi connectivity index (χ2v) is 7.87. The lowest BCUT2D eigenvalue weighted by molar-refractivity contribution is -0.137. The van der Waals surface area contributed by atoms with Gasteiger partial charge in [0.15, 0.2) is 0 Å². The Kier molecular flexibility index (Phi) is 6.57. The first kappa shape index (κ1) is 23.3. The highest BCUT2D eigenvalue weighted by molar-refractivity contribution is 6.07. The summed E-state index contributed by atoms with van der Waals surface area (Å²) >= 11 is 0. The third-order valence-electron chi connectivity index (χ3n) is 5.51. The first-order chi connectivity index (χ1) is 15.0. The molecule has 6 nitrogen and oxygen atoms in total.